The van der Waals surface area contributed by atoms with Crippen molar-refractivity contribution < 1.29 is 14.6 Å². The first-order valence-electron chi connectivity index (χ1n) is 8.12. The molecule has 0 spiro atoms. The van der Waals surface area contributed by atoms with Crippen LogP contribution in [0, 0.1) is 0 Å². The summed E-state index contributed by atoms with van der Waals surface area (Å²) < 4.78 is 5.24. The Morgan fingerprint density at radius 3 is 2.82 bits per heavy atom. The number of nitrogens with one attached hydrogen (secondary N) is 2. The minimum atomic E-state index is -0.842. The van der Waals surface area contributed by atoms with Crippen LogP contribution in [0.2, 0.25) is 0 Å². The maximum absolute atomic E-state index is 12.1. The van der Waals surface area contributed by atoms with Gasteiger partial charge in [0.1, 0.15) is 0 Å². The average Bonchev–Trinajstić information content (AvgIpc) is 2.54. The van der Waals surface area contributed by atoms with Gasteiger partial charge in [0.25, 0.3) is 0 Å². The van der Waals surface area contributed by atoms with Crippen molar-refractivity contribution in [2.24, 2.45) is 0 Å². The number of aryl methyl sites for hydroxylation is 1. The van der Waals surface area contributed by atoms with Crippen LogP contribution in [0.3, 0.4) is 0 Å². The second kappa shape index (κ2) is 6.67. The van der Waals surface area contributed by atoms with Gasteiger partial charge in [-0.05, 0) is 42.9 Å². The third kappa shape index (κ3) is 3.59. The minimum Gasteiger partial charge on any atom is -0.388 e. The van der Waals surface area contributed by atoms with Crippen LogP contribution in [-0.2, 0) is 17.6 Å². The zero-order valence-electron chi connectivity index (χ0n) is 12.9. The number of fused-ring (bicyclic) bond motifs is 1. The van der Waals surface area contributed by atoms with Gasteiger partial charge in [-0.25, -0.2) is 4.79 Å². The van der Waals surface area contributed by atoms with E-state index < -0.39 is 5.60 Å². The second-order valence-electron chi connectivity index (χ2n) is 6.29. The van der Waals surface area contributed by atoms with Crippen molar-refractivity contribution in [3.63, 3.8) is 0 Å². The van der Waals surface area contributed by atoms with Gasteiger partial charge in [-0.1, -0.05) is 12.1 Å². The highest BCUT2D eigenvalue weighted by Crippen LogP contribution is 2.27. The summed E-state index contributed by atoms with van der Waals surface area (Å²) in [4.78, 5) is 12.1. The number of urea groups is 1. The first kappa shape index (κ1) is 15.3. The molecule has 0 radical (unpaired) electrons. The first-order valence-corrected chi connectivity index (χ1v) is 8.12. The summed E-state index contributed by atoms with van der Waals surface area (Å²) >= 11 is 0. The number of aliphatic hydroxyl groups is 1. The number of ether oxygens (including phenoxy) is 1. The van der Waals surface area contributed by atoms with E-state index in [0.717, 1.165) is 18.5 Å². The molecule has 1 heterocycles. The van der Waals surface area contributed by atoms with Gasteiger partial charge in [0.2, 0.25) is 0 Å². The fourth-order valence-electron chi connectivity index (χ4n) is 3.24. The Hall–Kier alpha value is -1.59. The molecule has 0 saturated carbocycles. The first-order chi connectivity index (χ1) is 10.7. The number of rotatable bonds is 3. The lowest BCUT2D eigenvalue weighted by Crippen LogP contribution is -2.47. The number of amides is 2. The van der Waals surface area contributed by atoms with Gasteiger partial charge in [0, 0.05) is 38.3 Å². The van der Waals surface area contributed by atoms with E-state index in [-0.39, 0.29) is 12.6 Å². The molecule has 120 valence electrons. The third-order valence-corrected chi connectivity index (χ3v) is 4.65. The third-order valence-electron chi connectivity index (χ3n) is 4.65. The Balaban J connectivity index is 1.58. The lowest BCUT2D eigenvalue weighted by Gasteiger charge is -2.32. The van der Waals surface area contributed by atoms with Crippen LogP contribution in [0.5, 0.6) is 0 Å². The molecule has 2 amide bonds. The van der Waals surface area contributed by atoms with Crippen LogP contribution in [0.25, 0.3) is 0 Å². The predicted molar refractivity (Wildman–Crippen MR) is 85.1 cm³/mol. The summed E-state index contributed by atoms with van der Waals surface area (Å²) in [5.41, 5.74) is 2.65. The van der Waals surface area contributed by atoms with Crippen LogP contribution >= 0.6 is 0 Å². The molecule has 1 aromatic rings. The summed E-state index contributed by atoms with van der Waals surface area (Å²) in [6.07, 6.45) is 5.63. The number of hydrogen-bond donors (Lipinski definition) is 3. The highest BCUT2D eigenvalue weighted by molar-refractivity contribution is 5.90. The normalized spacial score (nSPS) is 20.0. The zero-order valence-corrected chi connectivity index (χ0v) is 12.9. The molecule has 0 unspecified atom stereocenters. The molecular formula is C17H24N2O3. The van der Waals surface area contributed by atoms with E-state index in [2.05, 4.69) is 16.7 Å². The smallest absolute Gasteiger partial charge is 0.319 e. The lowest BCUT2D eigenvalue weighted by atomic mass is 9.90. The van der Waals surface area contributed by atoms with E-state index in [1.165, 1.54) is 24.0 Å². The van der Waals surface area contributed by atoms with Crippen molar-refractivity contribution in [1.82, 2.24) is 5.32 Å². The van der Waals surface area contributed by atoms with Gasteiger partial charge in [0.05, 0.1) is 5.60 Å². The Bertz CT molecular complexity index is 539. The maximum atomic E-state index is 12.1. The fraction of sp³-hybridized carbons (Fsp3) is 0.588. The Morgan fingerprint density at radius 1 is 1.23 bits per heavy atom. The topological polar surface area (TPSA) is 70.6 Å². The van der Waals surface area contributed by atoms with Gasteiger partial charge in [0.15, 0.2) is 0 Å². The van der Waals surface area contributed by atoms with Crippen LogP contribution in [0.1, 0.15) is 36.8 Å². The molecule has 0 aromatic heterocycles. The van der Waals surface area contributed by atoms with Crippen LogP contribution < -0.4 is 10.6 Å². The zero-order chi connectivity index (χ0) is 15.4. The molecule has 1 aromatic carbocycles. The standard InChI is InChI=1S/C17H24N2O3/c20-16(18-12-17(21)8-10-22-11-9-17)19-15-7-3-5-13-4-1-2-6-14(13)15/h3,5,7,21H,1-2,4,6,8-12H2,(H2,18,19,20). The van der Waals surface area contributed by atoms with E-state index >= 15 is 0 Å². The molecule has 0 atom stereocenters. The quantitative estimate of drug-likeness (QED) is 0.802. The highest BCUT2D eigenvalue weighted by Gasteiger charge is 2.30. The minimum absolute atomic E-state index is 0.251. The van der Waals surface area contributed by atoms with E-state index in [0.29, 0.717) is 26.1 Å². The molecule has 22 heavy (non-hydrogen) atoms. The fourth-order valence-corrected chi connectivity index (χ4v) is 3.24. The Morgan fingerprint density at radius 2 is 2.00 bits per heavy atom. The predicted octanol–water partition coefficient (Wildman–Crippen LogP) is 2.23. The summed E-state index contributed by atoms with van der Waals surface area (Å²) in [6, 6.07) is 5.83. The van der Waals surface area contributed by atoms with Crippen molar-refractivity contribution in [2.75, 3.05) is 25.1 Å². The van der Waals surface area contributed by atoms with Crippen LogP contribution in [-0.4, -0.2) is 36.5 Å². The molecule has 1 fully saturated rings. The van der Waals surface area contributed by atoms with E-state index in [1.54, 1.807) is 0 Å². The summed E-state index contributed by atoms with van der Waals surface area (Å²) in [6.45, 7) is 1.36. The van der Waals surface area contributed by atoms with Crippen molar-refractivity contribution in [3.8, 4) is 0 Å². The summed E-state index contributed by atoms with van der Waals surface area (Å²) in [7, 11) is 0. The lowest BCUT2D eigenvalue weighted by molar-refractivity contribution is -0.0598. The van der Waals surface area contributed by atoms with Crippen molar-refractivity contribution in [3.05, 3.63) is 29.3 Å². The number of hydrogen-bond acceptors (Lipinski definition) is 3. The molecule has 5 heteroatoms. The molecule has 1 saturated heterocycles. The monoisotopic (exact) mass is 304 g/mol. The van der Waals surface area contributed by atoms with Crippen LogP contribution in [0.4, 0.5) is 10.5 Å². The number of benzene rings is 1. The van der Waals surface area contributed by atoms with E-state index in [9.17, 15) is 9.90 Å². The highest BCUT2D eigenvalue weighted by atomic mass is 16.5. The molecule has 1 aliphatic carbocycles. The second-order valence-corrected chi connectivity index (χ2v) is 6.29. The average molecular weight is 304 g/mol. The molecule has 3 N–H and O–H groups in total. The molecular weight excluding hydrogens is 280 g/mol. The van der Waals surface area contributed by atoms with Gasteiger partial charge >= 0.3 is 6.03 Å². The van der Waals surface area contributed by atoms with Gasteiger partial charge < -0.3 is 20.5 Å². The van der Waals surface area contributed by atoms with E-state index in [4.69, 9.17) is 4.74 Å². The Labute approximate surface area is 131 Å². The van der Waals surface area contributed by atoms with Crippen LogP contribution in [0.15, 0.2) is 18.2 Å². The molecule has 0 bridgehead atoms. The summed E-state index contributed by atoms with van der Waals surface area (Å²) in [5, 5.41) is 16.1. The largest absolute Gasteiger partial charge is 0.388 e. The maximum Gasteiger partial charge on any atom is 0.319 e. The molecule has 1 aliphatic heterocycles. The van der Waals surface area contributed by atoms with Gasteiger partial charge in [-0.2, -0.15) is 0 Å². The van der Waals surface area contributed by atoms with Gasteiger partial charge in [-0.3, -0.25) is 0 Å². The van der Waals surface area contributed by atoms with Crippen molar-refractivity contribution in [2.45, 2.75) is 44.1 Å². The van der Waals surface area contributed by atoms with Gasteiger partial charge in [-0.15, -0.1) is 0 Å². The van der Waals surface area contributed by atoms with E-state index in [1.807, 2.05) is 12.1 Å². The Kier molecular flexibility index (Phi) is 4.64. The summed E-state index contributed by atoms with van der Waals surface area (Å²) in [5.74, 6) is 0. The number of carbonyl (C=O) groups is 1. The molecule has 3 rings (SSSR count). The van der Waals surface area contributed by atoms with Crippen molar-refractivity contribution >= 4 is 11.7 Å². The molecule has 5 nitrogen and oxygen atoms in total. The molecule has 2 aliphatic rings. The number of anilines is 1. The number of carbonyl (C=O) groups excluding carboxylic acids is 1. The van der Waals surface area contributed by atoms with Crippen molar-refractivity contribution in [1.29, 1.82) is 0 Å². The SMILES string of the molecule is O=C(NCC1(O)CCOCC1)Nc1cccc2c1CCCC2.